The molecule has 4 heteroatoms. The average molecular weight is 208 g/mol. The van der Waals surface area contributed by atoms with Crippen molar-refractivity contribution in [1.82, 2.24) is 0 Å². The van der Waals surface area contributed by atoms with Crippen LogP contribution in [0.4, 0.5) is 0 Å². The molecule has 1 aromatic carbocycles. The van der Waals surface area contributed by atoms with Crippen molar-refractivity contribution < 1.29 is 19.4 Å². The molecule has 1 N–H and O–H groups in total. The second-order valence-electron chi connectivity index (χ2n) is 3.22. The third-order valence-electron chi connectivity index (χ3n) is 2.25. The summed E-state index contributed by atoms with van der Waals surface area (Å²) >= 11 is 0. The van der Waals surface area contributed by atoms with Crippen LogP contribution in [0.2, 0.25) is 0 Å². The number of ether oxygens (including phenoxy) is 1. The summed E-state index contributed by atoms with van der Waals surface area (Å²) in [6, 6.07) is 3.17. The second-order valence-corrected chi connectivity index (χ2v) is 3.22. The Morgan fingerprint density at radius 1 is 1.27 bits per heavy atom. The Bertz CT molecular complexity index is 421. The molecule has 1 aromatic rings. The van der Waals surface area contributed by atoms with Crippen molar-refractivity contribution >= 4 is 11.8 Å². The van der Waals surface area contributed by atoms with Gasteiger partial charge in [-0.05, 0) is 25.5 Å². The fraction of sp³-hybridized carbons (Fsp3) is 0.273. The van der Waals surface area contributed by atoms with E-state index >= 15 is 0 Å². The topological polar surface area (TPSA) is 63.6 Å². The summed E-state index contributed by atoms with van der Waals surface area (Å²) in [6.45, 7) is 3.50. The molecule has 0 atom stereocenters. The Hall–Kier alpha value is -1.84. The van der Waals surface area contributed by atoms with Crippen LogP contribution in [-0.4, -0.2) is 24.0 Å². The van der Waals surface area contributed by atoms with Crippen LogP contribution >= 0.6 is 0 Å². The molecule has 0 heterocycles. The fourth-order valence-electron chi connectivity index (χ4n) is 1.50. The Morgan fingerprint density at radius 2 is 1.87 bits per heavy atom. The van der Waals surface area contributed by atoms with Crippen molar-refractivity contribution in [2.75, 3.05) is 7.11 Å². The van der Waals surface area contributed by atoms with Crippen LogP contribution in [0.3, 0.4) is 0 Å². The maximum atomic E-state index is 11.3. The maximum absolute atomic E-state index is 11.3. The van der Waals surface area contributed by atoms with Crippen molar-refractivity contribution in [3.05, 3.63) is 28.8 Å². The molecule has 0 amide bonds. The van der Waals surface area contributed by atoms with Crippen molar-refractivity contribution in [2.45, 2.75) is 13.8 Å². The first kappa shape index (κ1) is 11.2. The molecule has 0 saturated carbocycles. The number of aryl methyl sites for hydroxylation is 1. The summed E-state index contributed by atoms with van der Waals surface area (Å²) in [4.78, 5) is 21.8. The summed E-state index contributed by atoms with van der Waals surface area (Å²) in [5.41, 5.74) is 1.60. The number of carboxylic acids is 1. The molecule has 0 unspecified atom stereocenters. The quantitative estimate of drug-likeness (QED) is 0.605. The van der Waals surface area contributed by atoms with E-state index in [4.69, 9.17) is 9.84 Å². The van der Waals surface area contributed by atoms with E-state index in [-0.39, 0.29) is 5.56 Å². The molecule has 0 radical (unpaired) electrons. The zero-order valence-corrected chi connectivity index (χ0v) is 8.83. The molecule has 4 nitrogen and oxygen atoms in total. The standard InChI is InChI=1S/C11H12O4/c1-6-4-5-8(9(12)11(13)14)7(2)10(6)15-3/h4-5H,1-3H3,(H,13,14). The van der Waals surface area contributed by atoms with Crippen molar-refractivity contribution in [3.63, 3.8) is 0 Å². The lowest BCUT2D eigenvalue weighted by Crippen LogP contribution is -2.14. The summed E-state index contributed by atoms with van der Waals surface area (Å²) in [7, 11) is 1.49. The smallest absolute Gasteiger partial charge is 0.377 e. The van der Waals surface area contributed by atoms with Crippen LogP contribution in [0, 0.1) is 13.8 Å². The van der Waals surface area contributed by atoms with E-state index in [1.807, 2.05) is 6.92 Å². The molecule has 0 bridgehead atoms. The van der Waals surface area contributed by atoms with E-state index in [1.165, 1.54) is 13.2 Å². The second kappa shape index (κ2) is 4.13. The summed E-state index contributed by atoms with van der Waals surface area (Å²) in [5, 5.41) is 8.60. The first-order valence-corrected chi connectivity index (χ1v) is 4.40. The zero-order valence-electron chi connectivity index (χ0n) is 8.83. The lowest BCUT2D eigenvalue weighted by atomic mass is 10.0. The number of benzene rings is 1. The molecule has 80 valence electrons. The van der Waals surface area contributed by atoms with Crippen molar-refractivity contribution in [1.29, 1.82) is 0 Å². The lowest BCUT2D eigenvalue weighted by Gasteiger charge is -2.10. The molecule has 0 aliphatic rings. The van der Waals surface area contributed by atoms with Crippen molar-refractivity contribution in [2.24, 2.45) is 0 Å². The highest BCUT2D eigenvalue weighted by Gasteiger charge is 2.19. The number of carbonyl (C=O) groups is 2. The van der Waals surface area contributed by atoms with Gasteiger partial charge in [0.05, 0.1) is 7.11 Å². The number of Topliss-reactive ketones (excluding diaryl/α,β-unsaturated/α-hetero) is 1. The highest BCUT2D eigenvalue weighted by atomic mass is 16.5. The summed E-state index contributed by atoms with van der Waals surface area (Å²) < 4.78 is 5.10. The Balaban J connectivity index is 3.34. The van der Waals surface area contributed by atoms with Gasteiger partial charge >= 0.3 is 5.97 Å². The molecule has 0 spiro atoms. The van der Waals surface area contributed by atoms with Gasteiger partial charge in [0.1, 0.15) is 5.75 Å². The number of methoxy groups -OCH3 is 1. The van der Waals surface area contributed by atoms with Gasteiger partial charge in [0.25, 0.3) is 5.78 Å². The van der Waals surface area contributed by atoms with Gasteiger partial charge in [-0.15, -0.1) is 0 Å². The predicted molar refractivity (Wildman–Crippen MR) is 54.4 cm³/mol. The van der Waals surface area contributed by atoms with E-state index in [2.05, 4.69) is 0 Å². The third kappa shape index (κ3) is 1.98. The van der Waals surface area contributed by atoms with E-state index in [1.54, 1.807) is 13.0 Å². The van der Waals surface area contributed by atoms with Gasteiger partial charge in [-0.1, -0.05) is 6.07 Å². The first-order valence-electron chi connectivity index (χ1n) is 4.40. The van der Waals surface area contributed by atoms with Gasteiger partial charge in [-0.3, -0.25) is 4.79 Å². The minimum atomic E-state index is -1.45. The lowest BCUT2D eigenvalue weighted by molar-refractivity contribution is -0.131. The molecule has 15 heavy (non-hydrogen) atoms. The number of hydrogen-bond donors (Lipinski definition) is 1. The van der Waals surface area contributed by atoms with Gasteiger partial charge in [-0.2, -0.15) is 0 Å². The molecule has 0 saturated heterocycles. The molecular formula is C11H12O4. The average Bonchev–Trinajstić information content (AvgIpc) is 2.17. The summed E-state index contributed by atoms with van der Waals surface area (Å²) in [6.07, 6.45) is 0. The minimum Gasteiger partial charge on any atom is -0.496 e. The van der Waals surface area contributed by atoms with Crippen molar-refractivity contribution in [3.8, 4) is 5.75 Å². The van der Waals surface area contributed by atoms with Crippen LogP contribution in [0.1, 0.15) is 21.5 Å². The molecule has 0 aromatic heterocycles. The minimum absolute atomic E-state index is 0.171. The number of rotatable bonds is 3. The number of ketones is 1. The maximum Gasteiger partial charge on any atom is 0.377 e. The molecule has 0 fully saturated rings. The highest BCUT2D eigenvalue weighted by Crippen LogP contribution is 2.25. The first-order chi connectivity index (χ1) is 6.99. The Morgan fingerprint density at radius 3 is 2.33 bits per heavy atom. The van der Waals surface area contributed by atoms with Gasteiger partial charge < -0.3 is 9.84 Å². The van der Waals surface area contributed by atoms with Gasteiger partial charge in [-0.25, -0.2) is 4.79 Å². The van der Waals surface area contributed by atoms with E-state index in [0.29, 0.717) is 11.3 Å². The number of carboxylic acid groups (broad SMARTS) is 1. The molecule has 1 rings (SSSR count). The zero-order chi connectivity index (χ0) is 11.6. The third-order valence-corrected chi connectivity index (χ3v) is 2.25. The van der Waals surface area contributed by atoms with Gasteiger partial charge in [0.15, 0.2) is 0 Å². The van der Waals surface area contributed by atoms with Gasteiger partial charge in [0.2, 0.25) is 0 Å². The van der Waals surface area contributed by atoms with Crippen LogP contribution in [0.15, 0.2) is 12.1 Å². The largest absolute Gasteiger partial charge is 0.496 e. The fourth-order valence-corrected chi connectivity index (χ4v) is 1.50. The highest BCUT2D eigenvalue weighted by molar-refractivity contribution is 6.40. The van der Waals surface area contributed by atoms with Crippen LogP contribution in [-0.2, 0) is 4.79 Å². The number of aliphatic carboxylic acids is 1. The number of hydrogen-bond acceptors (Lipinski definition) is 3. The normalized spacial score (nSPS) is 9.80. The molecule has 0 aliphatic carbocycles. The predicted octanol–water partition coefficient (Wildman–Crippen LogP) is 1.58. The number of carbonyl (C=O) groups excluding carboxylic acids is 1. The Labute approximate surface area is 87.5 Å². The summed E-state index contributed by atoms with van der Waals surface area (Å²) in [5.74, 6) is -1.81. The van der Waals surface area contributed by atoms with Crippen LogP contribution < -0.4 is 4.74 Å². The molecule has 0 aliphatic heterocycles. The van der Waals surface area contributed by atoms with E-state index < -0.39 is 11.8 Å². The van der Waals surface area contributed by atoms with E-state index in [9.17, 15) is 9.59 Å². The van der Waals surface area contributed by atoms with E-state index in [0.717, 1.165) is 5.56 Å². The van der Waals surface area contributed by atoms with Gasteiger partial charge in [0, 0.05) is 11.1 Å². The monoisotopic (exact) mass is 208 g/mol. The van der Waals surface area contributed by atoms with Crippen LogP contribution in [0.25, 0.3) is 0 Å². The molecular weight excluding hydrogens is 196 g/mol. The Kier molecular flexibility index (Phi) is 3.09. The van der Waals surface area contributed by atoms with Crippen LogP contribution in [0.5, 0.6) is 5.75 Å². The SMILES string of the molecule is COc1c(C)ccc(C(=O)C(=O)O)c1C.